The maximum absolute atomic E-state index is 5.87. The molecule has 2 aromatic rings. The van der Waals surface area contributed by atoms with Crippen molar-refractivity contribution in [2.24, 2.45) is 0 Å². The highest BCUT2D eigenvalue weighted by Crippen LogP contribution is 2.38. The monoisotopic (exact) mass is 401 g/mol. The van der Waals surface area contributed by atoms with Gasteiger partial charge in [-0.05, 0) is 50.9 Å². The van der Waals surface area contributed by atoms with Crippen molar-refractivity contribution in [3.8, 4) is 22.9 Å². The van der Waals surface area contributed by atoms with Crippen LogP contribution in [0.5, 0.6) is 11.5 Å². The number of benzene rings is 1. The fourth-order valence-corrected chi connectivity index (χ4v) is 2.40. The van der Waals surface area contributed by atoms with E-state index in [1.54, 1.807) is 14.2 Å². The van der Waals surface area contributed by atoms with Crippen LogP contribution in [0.15, 0.2) is 21.1 Å². The van der Waals surface area contributed by atoms with Gasteiger partial charge in [-0.2, -0.15) is 0 Å². The van der Waals surface area contributed by atoms with Crippen molar-refractivity contribution < 1.29 is 9.47 Å². The molecule has 7 heteroatoms. The van der Waals surface area contributed by atoms with Crippen LogP contribution in [-0.2, 0) is 0 Å². The Balaban J connectivity index is 2.63. The summed E-state index contributed by atoms with van der Waals surface area (Å²) in [4.78, 5) is 8.72. The molecular formula is C13H13Br2N3O2. The maximum Gasteiger partial charge on any atom is 0.163 e. The minimum atomic E-state index is 0.397. The van der Waals surface area contributed by atoms with Crippen molar-refractivity contribution in [2.75, 3.05) is 20.0 Å². The zero-order valence-corrected chi connectivity index (χ0v) is 14.4. The SMILES string of the molecule is COc1cc(Br)c(-c2nc(C)c(Br)c(N)n2)cc1OC. The number of rotatable bonds is 3. The molecule has 0 radical (unpaired) electrons. The van der Waals surface area contributed by atoms with Crippen molar-refractivity contribution in [3.63, 3.8) is 0 Å². The number of aromatic nitrogens is 2. The predicted molar refractivity (Wildman–Crippen MR) is 85.1 cm³/mol. The predicted octanol–water partition coefficient (Wildman–Crippen LogP) is 3.58. The van der Waals surface area contributed by atoms with Gasteiger partial charge in [-0.1, -0.05) is 0 Å². The van der Waals surface area contributed by atoms with Gasteiger partial charge >= 0.3 is 0 Å². The molecule has 5 nitrogen and oxygen atoms in total. The third-order valence-electron chi connectivity index (χ3n) is 2.76. The van der Waals surface area contributed by atoms with E-state index in [1.807, 2.05) is 19.1 Å². The first-order valence-electron chi connectivity index (χ1n) is 5.69. The number of anilines is 1. The molecule has 0 saturated heterocycles. The highest BCUT2D eigenvalue weighted by molar-refractivity contribution is 9.11. The second kappa shape index (κ2) is 5.97. The van der Waals surface area contributed by atoms with E-state index >= 15 is 0 Å². The zero-order valence-electron chi connectivity index (χ0n) is 11.2. The van der Waals surface area contributed by atoms with Gasteiger partial charge in [0.05, 0.1) is 24.4 Å². The Labute approximate surface area is 133 Å². The number of halogens is 2. The van der Waals surface area contributed by atoms with Gasteiger partial charge in [0, 0.05) is 10.0 Å². The fourth-order valence-electron chi connectivity index (χ4n) is 1.73. The number of nitrogen functional groups attached to an aromatic ring is 1. The standard InChI is InChI=1S/C13H13Br2N3O2/c1-6-11(15)12(16)18-13(17-6)7-4-9(19-2)10(20-3)5-8(7)14/h4-5H,1-3H3,(H2,16,17,18). The van der Waals surface area contributed by atoms with E-state index < -0.39 is 0 Å². The van der Waals surface area contributed by atoms with Crippen LogP contribution < -0.4 is 15.2 Å². The van der Waals surface area contributed by atoms with E-state index in [4.69, 9.17) is 15.2 Å². The van der Waals surface area contributed by atoms with E-state index in [1.165, 1.54) is 0 Å². The molecule has 0 aliphatic heterocycles. The van der Waals surface area contributed by atoms with E-state index in [-0.39, 0.29) is 0 Å². The van der Waals surface area contributed by atoms with E-state index in [0.29, 0.717) is 27.6 Å². The number of aryl methyl sites for hydroxylation is 1. The Morgan fingerprint density at radius 3 is 2.20 bits per heavy atom. The number of methoxy groups -OCH3 is 2. The van der Waals surface area contributed by atoms with E-state index in [2.05, 4.69) is 41.8 Å². The second-order valence-corrected chi connectivity index (χ2v) is 5.67. The normalized spacial score (nSPS) is 10.4. The molecule has 0 spiro atoms. The lowest BCUT2D eigenvalue weighted by Gasteiger charge is -2.12. The summed E-state index contributed by atoms with van der Waals surface area (Å²) in [7, 11) is 3.17. The quantitative estimate of drug-likeness (QED) is 0.849. The molecule has 2 N–H and O–H groups in total. The molecule has 0 aliphatic carbocycles. The summed E-state index contributed by atoms with van der Waals surface area (Å²) in [6, 6.07) is 3.62. The van der Waals surface area contributed by atoms with Crippen molar-refractivity contribution in [1.29, 1.82) is 0 Å². The first-order valence-corrected chi connectivity index (χ1v) is 7.28. The Hall–Kier alpha value is -1.34. The Kier molecular flexibility index (Phi) is 4.49. The molecule has 0 bridgehead atoms. The molecule has 0 aliphatic rings. The van der Waals surface area contributed by atoms with Crippen LogP contribution in [0.2, 0.25) is 0 Å². The molecule has 20 heavy (non-hydrogen) atoms. The number of nitrogens with zero attached hydrogens (tertiary/aromatic N) is 2. The third-order valence-corrected chi connectivity index (χ3v) is 4.39. The smallest absolute Gasteiger partial charge is 0.163 e. The van der Waals surface area contributed by atoms with Crippen LogP contribution in [0.3, 0.4) is 0 Å². The van der Waals surface area contributed by atoms with Gasteiger partial charge in [-0.25, -0.2) is 9.97 Å². The van der Waals surface area contributed by atoms with Gasteiger partial charge in [0.1, 0.15) is 5.82 Å². The largest absolute Gasteiger partial charge is 0.493 e. The van der Waals surface area contributed by atoms with Crippen LogP contribution in [0.1, 0.15) is 5.69 Å². The summed E-state index contributed by atoms with van der Waals surface area (Å²) in [5.41, 5.74) is 7.42. The first kappa shape index (κ1) is 15.1. The molecule has 0 atom stereocenters. The molecule has 1 aromatic carbocycles. The van der Waals surface area contributed by atoms with Gasteiger partial charge < -0.3 is 15.2 Å². The molecule has 0 amide bonds. The van der Waals surface area contributed by atoms with Crippen molar-refractivity contribution in [3.05, 3.63) is 26.8 Å². The molecule has 0 fully saturated rings. The van der Waals surface area contributed by atoms with Crippen LogP contribution >= 0.6 is 31.9 Å². The van der Waals surface area contributed by atoms with E-state index in [0.717, 1.165) is 15.7 Å². The van der Waals surface area contributed by atoms with Crippen LogP contribution in [0.4, 0.5) is 5.82 Å². The lowest BCUT2D eigenvalue weighted by atomic mass is 10.2. The second-order valence-electron chi connectivity index (χ2n) is 4.02. The van der Waals surface area contributed by atoms with Crippen LogP contribution in [0, 0.1) is 6.92 Å². The number of hydrogen-bond acceptors (Lipinski definition) is 5. The average Bonchev–Trinajstić information content (AvgIpc) is 2.43. The van der Waals surface area contributed by atoms with Gasteiger partial charge in [0.25, 0.3) is 0 Å². The van der Waals surface area contributed by atoms with Gasteiger partial charge in [0.15, 0.2) is 17.3 Å². The Morgan fingerprint density at radius 1 is 1.05 bits per heavy atom. The van der Waals surface area contributed by atoms with Crippen LogP contribution in [0.25, 0.3) is 11.4 Å². The summed E-state index contributed by atoms with van der Waals surface area (Å²) < 4.78 is 12.1. The van der Waals surface area contributed by atoms with Crippen molar-refractivity contribution >= 4 is 37.7 Å². The third kappa shape index (κ3) is 2.73. The minimum Gasteiger partial charge on any atom is -0.493 e. The lowest BCUT2D eigenvalue weighted by molar-refractivity contribution is 0.355. The average molecular weight is 403 g/mol. The van der Waals surface area contributed by atoms with Gasteiger partial charge in [-0.3, -0.25) is 0 Å². The van der Waals surface area contributed by atoms with Crippen LogP contribution in [-0.4, -0.2) is 24.2 Å². The Morgan fingerprint density at radius 2 is 1.65 bits per heavy atom. The summed E-state index contributed by atoms with van der Waals surface area (Å²) >= 11 is 6.84. The van der Waals surface area contributed by atoms with Crippen molar-refractivity contribution in [2.45, 2.75) is 6.92 Å². The highest BCUT2D eigenvalue weighted by atomic mass is 79.9. The van der Waals surface area contributed by atoms with E-state index in [9.17, 15) is 0 Å². The molecule has 106 valence electrons. The highest BCUT2D eigenvalue weighted by Gasteiger charge is 2.15. The summed E-state index contributed by atoms with van der Waals surface area (Å²) in [5.74, 6) is 2.16. The number of hydrogen-bond donors (Lipinski definition) is 1. The summed E-state index contributed by atoms with van der Waals surface area (Å²) in [6.45, 7) is 1.86. The summed E-state index contributed by atoms with van der Waals surface area (Å²) in [5, 5.41) is 0. The van der Waals surface area contributed by atoms with Crippen molar-refractivity contribution in [1.82, 2.24) is 9.97 Å². The molecule has 1 aromatic heterocycles. The zero-order chi connectivity index (χ0) is 14.9. The molecular weight excluding hydrogens is 390 g/mol. The first-order chi connectivity index (χ1) is 9.47. The topological polar surface area (TPSA) is 70.3 Å². The molecule has 2 rings (SSSR count). The van der Waals surface area contributed by atoms with Gasteiger partial charge in [-0.15, -0.1) is 0 Å². The number of nitrogens with two attached hydrogens (primary N) is 1. The molecule has 0 unspecified atom stereocenters. The number of ether oxygens (including phenoxy) is 2. The maximum atomic E-state index is 5.87. The summed E-state index contributed by atoms with van der Waals surface area (Å²) in [6.07, 6.45) is 0. The van der Waals surface area contributed by atoms with Gasteiger partial charge in [0.2, 0.25) is 0 Å². The fraction of sp³-hybridized carbons (Fsp3) is 0.231. The minimum absolute atomic E-state index is 0.397. The Bertz CT molecular complexity index is 639. The molecule has 1 heterocycles. The lowest BCUT2D eigenvalue weighted by Crippen LogP contribution is -2.01. The molecule has 0 saturated carbocycles.